The average molecular weight is 385 g/mol. The Hall–Kier alpha value is -1.05. The van der Waals surface area contributed by atoms with Crippen LogP contribution in [0.1, 0.15) is 46.0 Å². The lowest BCUT2D eigenvalue weighted by Gasteiger charge is -2.25. The highest BCUT2D eigenvalue weighted by Gasteiger charge is 2.25. The first-order chi connectivity index (χ1) is 11.9. The van der Waals surface area contributed by atoms with Crippen molar-refractivity contribution in [2.24, 2.45) is 0 Å². The molecule has 1 aromatic carbocycles. The predicted octanol–water partition coefficient (Wildman–Crippen LogP) is 3.72. The number of anilines is 1. The smallest absolute Gasteiger partial charge is 0.243 e. The Balaban J connectivity index is 1.96. The van der Waals surface area contributed by atoms with Crippen molar-refractivity contribution >= 4 is 33.4 Å². The van der Waals surface area contributed by atoms with Crippen LogP contribution in [-0.2, 0) is 14.8 Å². The van der Waals surface area contributed by atoms with Crippen molar-refractivity contribution in [3.8, 4) is 0 Å². The van der Waals surface area contributed by atoms with Gasteiger partial charge in [-0.1, -0.05) is 19.8 Å². The summed E-state index contributed by atoms with van der Waals surface area (Å²) >= 11 is 1.64. The van der Waals surface area contributed by atoms with E-state index in [0.717, 1.165) is 37.9 Å². The molecule has 1 fully saturated rings. The summed E-state index contributed by atoms with van der Waals surface area (Å²) in [7, 11) is -3.42. The second-order valence-electron chi connectivity index (χ2n) is 6.34. The first-order valence-corrected chi connectivity index (χ1v) is 11.5. The molecule has 2 rings (SSSR count). The maximum atomic E-state index is 12.6. The predicted molar refractivity (Wildman–Crippen MR) is 105 cm³/mol. The number of benzene rings is 1. The molecule has 1 amide bonds. The van der Waals surface area contributed by atoms with Crippen molar-refractivity contribution in [2.45, 2.75) is 56.1 Å². The van der Waals surface area contributed by atoms with Gasteiger partial charge in [0.25, 0.3) is 0 Å². The van der Waals surface area contributed by atoms with Gasteiger partial charge in [-0.3, -0.25) is 4.79 Å². The zero-order valence-electron chi connectivity index (χ0n) is 15.0. The number of carbonyl (C=O) groups is 1. The highest BCUT2D eigenvalue weighted by atomic mass is 32.2. The van der Waals surface area contributed by atoms with Crippen LogP contribution in [0.3, 0.4) is 0 Å². The van der Waals surface area contributed by atoms with Crippen molar-refractivity contribution in [1.82, 2.24) is 4.31 Å². The molecule has 0 radical (unpaired) electrons. The summed E-state index contributed by atoms with van der Waals surface area (Å²) in [6, 6.07) is 6.49. The third-order valence-corrected chi connectivity index (χ3v) is 7.46. The average Bonchev–Trinajstić information content (AvgIpc) is 2.63. The second-order valence-corrected chi connectivity index (χ2v) is 9.73. The lowest BCUT2D eigenvalue weighted by molar-refractivity contribution is -0.115. The maximum Gasteiger partial charge on any atom is 0.243 e. The number of unbranched alkanes of at least 4 members (excludes halogenated alkanes) is 1. The molecule has 0 spiro atoms. The van der Waals surface area contributed by atoms with Crippen molar-refractivity contribution in [2.75, 3.05) is 24.2 Å². The molecule has 0 aromatic heterocycles. The van der Waals surface area contributed by atoms with Crippen LogP contribution < -0.4 is 5.32 Å². The number of amides is 1. The fraction of sp³-hybridized carbons (Fsp3) is 0.611. The van der Waals surface area contributed by atoms with E-state index in [0.29, 0.717) is 18.8 Å². The number of rotatable bonds is 8. The van der Waals surface area contributed by atoms with Crippen LogP contribution in [0.4, 0.5) is 5.69 Å². The molecular weight excluding hydrogens is 356 g/mol. The third kappa shape index (κ3) is 5.72. The summed E-state index contributed by atoms with van der Waals surface area (Å²) in [4.78, 5) is 12.5. The van der Waals surface area contributed by atoms with Crippen LogP contribution in [-0.4, -0.2) is 42.7 Å². The quantitative estimate of drug-likeness (QED) is 0.694. The van der Waals surface area contributed by atoms with E-state index in [9.17, 15) is 13.2 Å². The molecule has 7 heteroatoms. The first-order valence-electron chi connectivity index (χ1n) is 8.98. The molecule has 0 aliphatic carbocycles. The van der Waals surface area contributed by atoms with E-state index >= 15 is 0 Å². The summed E-state index contributed by atoms with van der Waals surface area (Å²) < 4.78 is 26.8. The molecule has 0 bridgehead atoms. The minimum atomic E-state index is -3.42. The van der Waals surface area contributed by atoms with Gasteiger partial charge in [-0.25, -0.2) is 8.42 Å². The lowest BCUT2D eigenvalue weighted by atomic mass is 10.2. The van der Waals surface area contributed by atoms with Crippen LogP contribution in [0.25, 0.3) is 0 Å². The van der Waals surface area contributed by atoms with Crippen LogP contribution in [0.5, 0.6) is 0 Å². The Labute approximate surface area is 155 Å². The van der Waals surface area contributed by atoms with E-state index in [4.69, 9.17) is 0 Å². The molecule has 1 atom stereocenters. The van der Waals surface area contributed by atoms with Gasteiger partial charge >= 0.3 is 0 Å². The SMILES string of the molecule is CCCCSC(C)C(=O)Nc1ccc(S(=O)(=O)N2CCCCC2)cc1. The fourth-order valence-electron chi connectivity index (χ4n) is 2.69. The van der Waals surface area contributed by atoms with Gasteiger partial charge in [0.1, 0.15) is 0 Å². The molecule has 1 unspecified atom stereocenters. The highest BCUT2D eigenvalue weighted by Crippen LogP contribution is 2.22. The van der Waals surface area contributed by atoms with E-state index in [-0.39, 0.29) is 16.1 Å². The summed E-state index contributed by atoms with van der Waals surface area (Å²) in [5.74, 6) is 0.922. The Kier molecular flexibility index (Phi) is 7.78. The summed E-state index contributed by atoms with van der Waals surface area (Å²) in [6.45, 7) is 5.20. The maximum absolute atomic E-state index is 12.6. The lowest BCUT2D eigenvalue weighted by Crippen LogP contribution is -2.35. The molecule has 0 saturated carbocycles. The van der Waals surface area contributed by atoms with E-state index < -0.39 is 10.0 Å². The second kappa shape index (κ2) is 9.59. The van der Waals surface area contributed by atoms with Gasteiger partial charge in [0.05, 0.1) is 10.1 Å². The van der Waals surface area contributed by atoms with E-state index in [1.807, 2.05) is 6.92 Å². The third-order valence-electron chi connectivity index (χ3n) is 4.31. The number of piperidine rings is 1. The van der Waals surface area contributed by atoms with E-state index in [1.165, 1.54) is 0 Å². The number of sulfonamides is 1. The molecule has 5 nitrogen and oxygen atoms in total. The monoisotopic (exact) mass is 384 g/mol. The van der Waals surface area contributed by atoms with Gasteiger partial charge in [-0.05, 0) is 56.2 Å². The number of nitrogens with zero attached hydrogens (tertiary/aromatic N) is 1. The molecular formula is C18H28N2O3S2. The Morgan fingerprint density at radius 2 is 1.84 bits per heavy atom. The van der Waals surface area contributed by atoms with Gasteiger partial charge < -0.3 is 5.32 Å². The largest absolute Gasteiger partial charge is 0.325 e. The van der Waals surface area contributed by atoms with Crippen LogP contribution in [0.15, 0.2) is 29.2 Å². The van der Waals surface area contributed by atoms with Crippen molar-refractivity contribution < 1.29 is 13.2 Å². The number of hydrogen-bond donors (Lipinski definition) is 1. The minimum Gasteiger partial charge on any atom is -0.325 e. The van der Waals surface area contributed by atoms with Gasteiger partial charge in [-0.15, -0.1) is 11.8 Å². The molecule has 1 aliphatic rings. The van der Waals surface area contributed by atoms with Gasteiger partial charge in [0.15, 0.2) is 0 Å². The van der Waals surface area contributed by atoms with Gasteiger partial charge in [0.2, 0.25) is 15.9 Å². The highest BCUT2D eigenvalue weighted by molar-refractivity contribution is 8.00. The van der Waals surface area contributed by atoms with E-state index in [2.05, 4.69) is 12.2 Å². The molecule has 1 heterocycles. The van der Waals surface area contributed by atoms with Gasteiger partial charge in [-0.2, -0.15) is 4.31 Å². The fourth-order valence-corrected chi connectivity index (χ4v) is 5.22. The molecule has 1 aliphatic heterocycles. The van der Waals surface area contributed by atoms with Crippen LogP contribution in [0, 0.1) is 0 Å². The summed E-state index contributed by atoms with van der Waals surface area (Å²) in [5.41, 5.74) is 0.630. The van der Waals surface area contributed by atoms with Crippen molar-refractivity contribution in [3.05, 3.63) is 24.3 Å². The molecule has 25 heavy (non-hydrogen) atoms. The summed E-state index contributed by atoms with van der Waals surface area (Å²) in [6.07, 6.45) is 5.15. The minimum absolute atomic E-state index is 0.0484. The normalized spacial score (nSPS) is 17.2. The number of hydrogen-bond acceptors (Lipinski definition) is 4. The van der Waals surface area contributed by atoms with Crippen LogP contribution in [0.2, 0.25) is 0 Å². The molecule has 1 aromatic rings. The topological polar surface area (TPSA) is 66.5 Å². The van der Waals surface area contributed by atoms with Crippen molar-refractivity contribution in [1.29, 1.82) is 0 Å². The van der Waals surface area contributed by atoms with E-state index in [1.54, 1.807) is 40.3 Å². The summed E-state index contributed by atoms with van der Waals surface area (Å²) in [5, 5.41) is 2.74. The Morgan fingerprint density at radius 3 is 2.44 bits per heavy atom. The van der Waals surface area contributed by atoms with Crippen molar-refractivity contribution in [3.63, 3.8) is 0 Å². The number of thioether (sulfide) groups is 1. The first kappa shape index (κ1) is 20.3. The standard InChI is InChI=1S/C18H28N2O3S2/c1-3-4-14-24-15(2)18(21)19-16-8-10-17(11-9-16)25(22,23)20-12-6-5-7-13-20/h8-11,15H,3-7,12-14H2,1-2H3,(H,19,21). The zero-order valence-corrected chi connectivity index (χ0v) is 16.7. The Morgan fingerprint density at radius 1 is 1.20 bits per heavy atom. The number of nitrogens with one attached hydrogen (secondary N) is 1. The zero-order chi connectivity index (χ0) is 18.3. The van der Waals surface area contributed by atoms with Crippen LogP contribution >= 0.6 is 11.8 Å². The molecule has 140 valence electrons. The van der Waals surface area contributed by atoms with Gasteiger partial charge in [0, 0.05) is 18.8 Å². The molecule has 1 saturated heterocycles. The Bertz CT molecular complexity index is 653. The number of carbonyl (C=O) groups excluding carboxylic acids is 1. The molecule has 1 N–H and O–H groups in total.